The van der Waals surface area contributed by atoms with Crippen LogP contribution in [-0.2, 0) is 11.3 Å². The van der Waals surface area contributed by atoms with Gasteiger partial charge in [-0.25, -0.2) is 9.18 Å². The summed E-state index contributed by atoms with van der Waals surface area (Å²) in [5.41, 5.74) is 0.774. The summed E-state index contributed by atoms with van der Waals surface area (Å²) < 4.78 is 12.7. The smallest absolute Gasteiger partial charge is 0.323 e. The van der Waals surface area contributed by atoms with E-state index in [1.54, 1.807) is 19.2 Å². The minimum Gasteiger partial charge on any atom is -0.480 e. The number of carboxylic acid groups (broad SMARTS) is 1. The number of halogens is 1. The normalized spacial score (nSPS) is 9.94. The molecule has 0 aliphatic rings. The summed E-state index contributed by atoms with van der Waals surface area (Å²) in [7, 11) is 2.97. The lowest BCUT2D eigenvalue weighted by atomic mass is 10.2. The highest BCUT2D eigenvalue weighted by Gasteiger charge is 2.16. The van der Waals surface area contributed by atoms with Gasteiger partial charge in [0.2, 0.25) is 0 Å². The van der Waals surface area contributed by atoms with Crippen LogP contribution in [0.15, 0.2) is 24.3 Å². The van der Waals surface area contributed by atoms with E-state index in [4.69, 9.17) is 5.11 Å². The van der Waals surface area contributed by atoms with E-state index < -0.39 is 12.0 Å². The van der Waals surface area contributed by atoms with Crippen molar-refractivity contribution in [1.82, 2.24) is 9.80 Å². The van der Waals surface area contributed by atoms with Crippen molar-refractivity contribution in [1.29, 1.82) is 0 Å². The number of likely N-dealkylation sites (N-methyl/N-ethyl adjacent to an activating group) is 1. The summed E-state index contributed by atoms with van der Waals surface area (Å²) >= 11 is 0. The highest BCUT2D eigenvalue weighted by Crippen LogP contribution is 2.06. The lowest BCUT2D eigenvalue weighted by Gasteiger charge is -2.23. The molecule has 18 heavy (non-hydrogen) atoms. The van der Waals surface area contributed by atoms with Crippen molar-refractivity contribution in [2.45, 2.75) is 6.54 Å². The molecular weight excluding hydrogens is 239 g/mol. The first kappa shape index (κ1) is 14.0. The fraction of sp³-hybridized carbons (Fsp3) is 0.333. The maximum Gasteiger partial charge on any atom is 0.323 e. The molecule has 98 valence electrons. The van der Waals surface area contributed by atoms with Crippen molar-refractivity contribution >= 4 is 12.0 Å². The molecule has 6 heteroatoms. The van der Waals surface area contributed by atoms with Gasteiger partial charge in [0, 0.05) is 20.6 Å². The molecular formula is C12H15FN2O3. The zero-order chi connectivity index (χ0) is 13.7. The Morgan fingerprint density at radius 3 is 2.22 bits per heavy atom. The van der Waals surface area contributed by atoms with E-state index in [9.17, 15) is 14.0 Å². The molecule has 2 amide bonds. The van der Waals surface area contributed by atoms with Crippen molar-refractivity contribution < 1.29 is 19.1 Å². The van der Waals surface area contributed by atoms with Gasteiger partial charge in [0.15, 0.2) is 0 Å². The lowest BCUT2D eigenvalue weighted by Crippen LogP contribution is -2.40. The van der Waals surface area contributed by atoms with Crippen molar-refractivity contribution in [2.24, 2.45) is 0 Å². The van der Waals surface area contributed by atoms with Crippen molar-refractivity contribution in [3.05, 3.63) is 35.6 Å². The molecule has 0 bridgehead atoms. The highest BCUT2D eigenvalue weighted by molar-refractivity contribution is 5.79. The first-order valence-corrected chi connectivity index (χ1v) is 5.32. The van der Waals surface area contributed by atoms with Crippen LogP contribution >= 0.6 is 0 Å². The Morgan fingerprint density at radius 1 is 1.17 bits per heavy atom. The van der Waals surface area contributed by atoms with Crippen LogP contribution in [0.25, 0.3) is 0 Å². The third-order valence-corrected chi connectivity index (χ3v) is 2.36. The average Bonchev–Trinajstić information content (AvgIpc) is 2.30. The van der Waals surface area contributed by atoms with Crippen LogP contribution < -0.4 is 0 Å². The molecule has 1 rings (SSSR count). The van der Waals surface area contributed by atoms with Crippen LogP contribution in [0.3, 0.4) is 0 Å². The predicted molar refractivity (Wildman–Crippen MR) is 63.5 cm³/mol. The molecule has 0 spiro atoms. The number of amides is 2. The first-order valence-electron chi connectivity index (χ1n) is 5.32. The summed E-state index contributed by atoms with van der Waals surface area (Å²) in [6, 6.07) is 5.39. The van der Waals surface area contributed by atoms with Gasteiger partial charge in [0.1, 0.15) is 12.4 Å². The summed E-state index contributed by atoms with van der Waals surface area (Å²) in [5.74, 6) is -1.41. The van der Waals surface area contributed by atoms with Gasteiger partial charge in [-0.2, -0.15) is 0 Å². The third kappa shape index (κ3) is 4.04. The number of benzene rings is 1. The van der Waals surface area contributed by atoms with Crippen LogP contribution in [0.1, 0.15) is 5.56 Å². The van der Waals surface area contributed by atoms with E-state index in [0.29, 0.717) is 6.54 Å². The van der Waals surface area contributed by atoms with E-state index in [0.717, 1.165) is 10.5 Å². The Kier molecular flexibility index (Phi) is 4.65. The van der Waals surface area contributed by atoms with Crippen molar-refractivity contribution in [3.8, 4) is 0 Å². The van der Waals surface area contributed by atoms with Gasteiger partial charge < -0.3 is 14.9 Å². The van der Waals surface area contributed by atoms with E-state index in [1.807, 2.05) is 0 Å². The fourth-order valence-corrected chi connectivity index (χ4v) is 1.49. The number of carbonyl (C=O) groups excluding carboxylic acids is 1. The second-order valence-electron chi connectivity index (χ2n) is 4.01. The third-order valence-electron chi connectivity index (χ3n) is 2.36. The monoisotopic (exact) mass is 254 g/mol. The maximum atomic E-state index is 12.7. The highest BCUT2D eigenvalue weighted by atomic mass is 19.1. The molecule has 1 aromatic rings. The van der Waals surface area contributed by atoms with E-state index in [2.05, 4.69) is 0 Å². The molecule has 0 radical (unpaired) electrons. The molecule has 0 aromatic heterocycles. The van der Waals surface area contributed by atoms with Crippen LogP contribution in [0.5, 0.6) is 0 Å². The van der Waals surface area contributed by atoms with Crippen LogP contribution in [0, 0.1) is 5.82 Å². The average molecular weight is 254 g/mol. The number of nitrogens with zero attached hydrogens (tertiary/aromatic N) is 2. The summed E-state index contributed by atoms with van der Waals surface area (Å²) in [4.78, 5) is 24.7. The maximum absolute atomic E-state index is 12.7. The number of rotatable bonds is 4. The lowest BCUT2D eigenvalue weighted by molar-refractivity contribution is -0.137. The van der Waals surface area contributed by atoms with Gasteiger partial charge in [-0.05, 0) is 17.7 Å². The molecule has 0 heterocycles. The molecule has 0 saturated heterocycles. The molecule has 0 aliphatic carbocycles. The molecule has 1 aromatic carbocycles. The number of carbonyl (C=O) groups is 2. The Labute approximate surface area is 104 Å². The Balaban J connectivity index is 2.59. The zero-order valence-corrected chi connectivity index (χ0v) is 10.3. The number of aliphatic carboxylic acids is 1. The second kappa shape index (κ2) is 6.00. The number of carboxylic acids is 1. The van der Waals surface area contributed by atoms with E-state index >= 15 is 0 Å². The van der Waals surface area contributed by atoms with Crippen molar-refractivity contribution in [3.63, 3.8) is 0 Å². The van der Waals surface area contributed by atoms with E-state index in [-0.39, 0.29) is 12.4 Å². The molecule has 0 unspecified atom stereocenters. The Bertz CT molecular complexity index is 433. The molecule has 5 nitrogen and oxygen atoms in total. The van der Waals surface area contributed by atoms with Crippen molar-refractivity contribution in [2.75, 3.05) is 20.6 Å². The van der Waals surface area contributed by atoms with Gasteiger partial charge in [0.25, 0.3) is 0 Å². The van der Waals surface area contributed by atoms with Gasteiger partial charge in [-0.15, -0.1) is 0 Å². The minimum atomic E-state index is -1.07. The first-order chi connectivity index (χ1) is 8.40. The summed E-state index contributed by atoms with van der Waals surface area (Å²) in [6.07, 6.45) is 0. The molecule has 0 aliphatic heterocycles. The topological polar surface area (TPSA) is 60.9 Å². The number of hydrogen-bond acceptors (Lipinski definition) is 2. The fourth-order valence-electron chi connectivity index (χ4n) is 1.49. The Morgan fingerprint density at radius 2 is 1.72 bits per heavy atom. The van der Waals surface area contributed by atoms with Gasteiger partial charge in [0.05, 0.1) is 0 Å². The summed E-state index contributed by atoms with van der Waals surface area (Å²) in [6.45, 7) is -0.0599. The molecule has 0 fully saturated rings. The van der Waals surface area contributed by atoms with E-state index in [1.165, 1.54) is 24.1 Å². The molecule has 1 N–H and O–H groups in total. The zero-order valence-electron chi connectivity index (χ0n) is 10.3. The minimum absolute atomic E-state index is 0.295. The SMILES string of the molecule is CN(CC(=O)O)C(=O)N(C)Cc1ccc(F)cc1. The largest absolute Gasteiger partial charge is 0.480 e. The van der Waals surface area contributed by atoms with Crippen LogP contribution in [-0.4, -0.2) is 47.5 Å². The number of urea groups is 1. The van der Waals surface area contributed by atoms with Crippen LogP contribution in [0.4, 0.5) is 9.18 Å². The standard InChI is InChI=1S/C12H15FN2O3/c1-14(12(18)15(2)8-11(16)17)7-9-3-5-10(13)6-4-9/h3-6H,7-8H2,1-2H3,(H,16,17). The quantitative estimate of drug-likeness (QED) is 0.883. The van der Waals surface area contributed by atoms with Gasteiger partial charge in [-0.3, -0.25) is 4.79 Å². The second-order valence-corrected chi connectivity index (χ2v) is 4.01. The Hall–Kier alpha value is -2.11. The molecule has 0 atom stereocenters. The predicted octanol–water partition coefficient (Wildman–Crippen LogP) is 1.39. The van der Waals surface area contributed by atoms with Gasteiger partial charge in [-0.1, -0.05) is 12.1 Å². The molecule has 0 saturated carbocycles. The van der Waals surface area contributed by atoms with Crippen LogP contribution in [0.2, 0.25) is 0 Å². The summed E-state index contributed by atoms with van der Waals surface area (Å²) in [5, 5.41) is 8.58. The number of hydrogen-bond donors (Lipinski definition) is 1. The van der Waals surface area contributed by atoms with Gasteiger partial charge >= 0.3 is 12.0 Å².